The van der Waals surface area contributed by atoms with Gasteiger partial charge in [-0.15, -0.1) is 0 Å². The van der Waals surface area contributed by atoms with Gasteiger partial charge in [0.15, 0.2) is 0 Å². The van der Waals surface area contributed by atoms with Gasteiger partial charge in [0.2, 0.25) is 0 Å². The van der Waals surface area contributed by atoms with Gasteiger partial charge in [0, 0.05) is 5.92 Å². The smallest absolute Gasteiger partial charge is 0.00223 e. The van der Waals surface area contributed by atoms with Crippen molar-refractivity contribution in [1.82, 2.24) is 0 Å². The van der Waals surface area contributed by atoms with Gasteiger partial charge in [-0.2, -0.15) is 0 Å². The van der Waals surface area contributed by atoms with E-state index in [1.165, 1.54) is 18.4 Å². The molecule has 1 aromatic rings. The largest absolute Gasteiger partial charge is 0.0876 e. The maximum absolute atomic E-state index is 2.35. The van der Waals surface area contributed by atoms with Crippen molar-refractivity contribution in [2.75, 3.05) is 0 Å². The molecule has 88 valence electrons. The highest BCUT2D eigenvalue weighted by molar-refractivity contribution is 5.28. The Hall–Kier alpha value is -1.04. The van der Waals surface area contributed by atoms with Crippen LogP contribution in [-0.4, -0.2) is 0 Å². The van der Waals surface area contributed by atoms with E-state index in [1.54, 1.807) is 5.57 Å². The Labute approximate surface area is 100 Å². The van der Waals surface area contributed by atoms with Crippen LogP contribution in [0.4, 0.5) is 0 Å². The number of hydrogen-bond donors (Lipinski definition) is 0. The highest BCUT2D eigenvalue weighted by Crippen LogP contribution is 2.31. The molecule has 0 fully saturated rings. The molecular formula is C16H24. The second-order valence-corrected chi connectivity index (χ2v) is 4.61. The van der Waals surface area contributed by atoms with Crippen molar-refractivity contribution >= 4 is 0 Å². The summed E-state index contributed by atoms with van der Waals surface area (Å²) >= 11 is 0. The summed E-state index contributed by atoms with van der Waals surface area (Å²) in [5.41, 5.74) is 3.01. The Morgan fingerprint density at radius 2 is 1.81 bits per heavy atom. The van der Waals surface area contributed by atoms with E-state index in [1.807, 2.05) is 0 Å². The fourth-order valence-corrected chi connectivity index (χ4v) is 2.50. The lowest BCUT2D eigenvalue weighted by Crippen LogP contribution is -2.07. The van der Waals surface area contributed by atoms with Gasteiger partial charge in [-0.25, -0.2) is 0 Å². The molecule has 0 radical (unpaired) electrons. The van der Waals surface area contributed by atoms with Crippen LogP contribution < -0.4 is 0 Å². The van der Waals surface area contributed by atoms with E-state index in [2.05, 4.69) is 64.1 Å². The van der Waals surface area contributed by atoms with E-state index in [-0.39, 0.29) is 0 Å². The van der Waals surface area contributed by atoms with E-state index in [4.69, 9.17) is 0 Å². The van der Waals surface area contributed by atoms with E-state index < -0.39 is 0 Å². The molecular weight excluding hydrogens is 192 g/mol. The summed E-state index contributed by atoms with van der Waals surface area (Å²) in [5, 5.41) is 0. The summed E-state index contributed by atoms with van der Waals surface area (Å²) < 4.78 is 0. The van der Waals surface area contributed by atoms with Gasteiger partial charge in [0.1, 0.15) is 0 Å². The Balaban J connectivity index is 2.82. The SMILES string of the molecule is C/C=C(\C(C)CCC)C(C)c1ccccc1. The summed E-state index contributed by atoms with van der Waals surface area (Å²) in [6.07, 6.45) is 4.86. The zero-order valence-corrected chi connectivity index (χ0v) is 11.0. The van der Waals surface area contributed by atoms with Crippen molar-refractivity contribution in [3.8, 4) is 0 Å². The van der Waals surface area contributed by atoms with E-state index in [0.717, 1.165) is 0 Å². The average Bonchev–Trinajstić information content (AvgIpc) is 2.31. The zero-order chi connectivity index (χ0) is 12.0. The van der Waals surface area contributed by atoms with Crippen LogP contribution in [0.15, 0.2) is 42.0 Å². The second kappa shape index (κ2) is 6.52. The van der Waals surface area contributed by atoms with E-state index in [9.17, 15) is 0 Å². The normalized spacial score (nSPS) is 15.9. The van der Waals surface area contributed by atoms with Gasteiger partial charge in [-0.3, -0.25) is 0 Å². The third-order valence-corrected chi connectivity index (χ3v) is 3.42. The summed E-state index contributed by atoms with van der Waals surface area (Å²) in [7, 11) is 0. The molecule has 2 unspecified atom stereocenters. The van der Waals surface area contributed by atoms with Crippen molar-refractivity contribution in [3.63, 3.8) is 0 Å². The first-order valence-electron chi connectivity index (χ1n) is 6.41. The number of allylic oxidation sites excluding steroid dienone is 2. The summed E-state index contributed by atoms with van der Waals surface area (Å²) in [5.74, 6) is 1.25. The van der Waals surface area contributed by atoms with Crippen LogP contribution in [0.2, 0.25) is 0 Å². The molecule has 2 atom stereocenters. The molecule has 0 amide bonds. The van der Waals surface area contributed by atoms with Crippen molar-refractivity contribution in [1.29, 1.82) is 0 Å². The van der Waals surface area contributed by atoms with Crippen LogP contribution in [0, 0.1) is 5.92 Å². The van der Waals surface area contributed by atoms with E-state index >= 15 is 0 Å². The maximum atomic E-state index is 2.35. The Kier molecular flexibility index (Phi) is 5.31. The van der Waals surface area contributed by atoms with Gasteiger partial charge in [-0.05, 0) is 24.8 Å². The van der Waals surface area contributed by atoms with Crippen LogP contribution in [0.25, 0.3) is 0 Å². The fourth-order valence-electron chi connectivity index (χ4n) is 2.50. The molecule has 0 saturated carbocycles. The Bertz CT molecular complexity index is 321. The van der Waals surface area contributed by atoms with E-state index in [0.29, 0.717) is 11.8 Å². The predicted molar refractivity (Wildman–Crippen MR) is 72.7 cm³/mol. The van der Waals surface area contributed by atoms with Crippen LogP contribution >= 0.6 is 0 Å². The van der Waals surface area contributed by atoms with Crippen LogP contribution in [0.3, 0.4) is 0 Å². The Morgan fingerprint density at radius 1 is 1.19 bits per heavy atom. The summed E-state index contributed by atoms with van der Waals surface area (Å²) in [6, 6.07) is 10.8. The molecule has 0 aliphatic rings. The van der Waals surface area contributed by atoms with Gasteiger partial charge >= 0.3 is 0 Å². The van der Waals surface area contributed by atoms with Crippen LogP contribution in [0.1, 0.15) is 52.0 Å². The topological polar surface area (TPSA) is 0 Å². The minimum absolute atomic E-state index is 0.549. The van der Waals surface area contributed by atoms with Crippen LogP contribution in [0.5, 0.6) is 0 Å². The van der Waals surface area contributed by atoms with Gasteiger partial charge in [-0.1, -0.05) is 69.2 Å². The highest BCUT2D eigenvalue weighted by atomic mass is 14.2. The Morgan fingerprint density at radius 3 is 2.31 bits per heavy atom. The molecule has 0 N–H and O–H groups in total. The summed E-state index contributed by atoms with van der Waals surface area (Å²) in [6.45, 7) is 9.09. The predicted octanol–water partition coefficient (Wildman–Crippen LogP) is 5.17. The molecule has 0 bridgehead atoms. The first kappa shape index (κ1) is 13.0. The minimum Gasteiger partial charge on any atom is -0.0876 e. The van der Waals surface area contributed by atoms with Crippen molar-refractivity contribution in [3.05, 3.63) is 47.5 Å². The van der Waals surface area contributed by atoms with Gasteiger partial charge < -0.3 is 0 Å². The fraction of sp³-hybridized carbons (Fsp3) is 0.500. The lowest BCUT2D eigenvalue weighted by Gasteiger charge is -2.22. The first-order valence-corrected chi connectivity index (χ1v) is 6.41. The third kappa shape index (κ3) is 3.23. The van der Waals surface area contributed by atoms with Crippen molar-refractivity contribution in [2.24, 2.45) is 5.92 Å². The molecule has 0 nitrogen and oxygen atoms in total. The highest BCUT2D eigenvalue weighted by Gasteiger charge is 2.15. The van der Waals surface area contributed by atoms with Gasteiger partial charge in [0.05, 0.1) is 0 Å². The third-order valence-electron chi connectivity index (χ3n) is 3.42. The first-order chi connectivity index (χ1) is 7.70. The number of hydrogen-bond acceptors (Lipinski definition) is 0. The number of benzene rings is 1. The quantitative estimate of drug-likeness (QED) is 0.595. The monoisotopic (exact) mass is 216 g/mol. The molecule has 1 rings (SSSR count). The number of rotatable bonds is 5. The molecule has 0 spiro atoms. The molecule has 0 aliphatic carbocycles. The lowest BCUT2D eigenvalue weighted by atomic mass is 9.83. The van der Waals surface area contributed by atoms with Crippen molar-refractivity contribution < 1.29 is 0 Å². The molecule has 0 aliphatic heterocycles. The molecule has 0 aromatic heterocycles. The molecule has 0 heterocycles. The maximum Gasteiger partial charge on any atom is 0.00223 e. The molecule has 16 heavy (non-hydrogen) atoms. The standard InChI is InChI=1S/C16H24/c1-5-10-13(3)16(6-2)14(4)15-11-8-7-9-12-15/h6-9,11-14H,5,10H2,1-4H3/b16-6+. The summed E-state index contributed by atoms with van der Waals surface area (Å²) in [4.78, 5) is 0. The second-order valence-electron chi connectivity index (χ2n) is 4.61. The molecule has 0 heteroatoms. The molecule has 0 saturated heterocycles. The lowest BCUT2D eigenvalue weighted by molar-refractivity contribution is 0.564. The minimum atomic E-state index is 0.549. The van der Waals surface area contributed by atoms with Crippen LogP contribution in [-0.2, 0) is 0 Å². The zero-order valence-electron chi connectivity index (χ0n) is 11.0. The average molecular weight is 216 g/mol. The van der Waals surface area contributed by atoms with Crippen molar-refractivity contribution in [2.45, 2.75) is 46.5 Å². The van der Waals surface area contributed by atoms with Gasteiger partial charge in [0.25, 0.3) is 0 Å². The molecule has 1 aromatic carbocycles.